The van der Waals surface area contributed by atoms with Crippen molar-refractivity contribution in [1.29, 1.82) is 0 Å². The predicted molar refractivity (Wildman–Crippen MR) is 103 cm³/mol. The number of piperidine rings is 1. The Labute approximate surface area is 171 Å². The second kappa shape index (κ2) is 7.74. The molecule has 0 radical (unpaired) electrons. The fourth-order valence-corrected chi connectivity index (χ4v) is 3.84. The molecule has 0 aliphatic carbocycles. The first kappa shape index (κ1) is 22.4. The van der Waals surface area contributed by atoms with Crippen LogP contribution in [0.2, 0.25) is 0 Å². The van der Waals surface area contributed by atoms with Crippen LogP contribution in [-0.2, 0) is 18.2 Å². The van der Waals surface area contributed by atoms with Crippen LogP contribution in [0.1, 0.15) is 44.4 Å². The zero-order chi connectivity index (χ0) is 22.4. The maximum Gasteiger partial charge on any atom is 0.410 e. The highest BCUT2D eigenvalue weighted by Crippen LogP contribution is 2.36. The van der Waals surface area contributed by atoms with Gasteiger partial charge in [-0.1, -0.05) is 0 Å². The van der Waals surface area contributed by atoms with E-state index in [0.717, 1.165) is 6.07 Å². The molecule has 0 spiro atoms. The quantitative estimate of drug-likeness (QED) is 0.589. The number of fused-ring (bicyclic) bond motifs is 1. The van der Waals surface area contributed by atoms with Crippen LogP contribution in [0.5, 0.6) is 0 Å². The van der Waals surface area contributed by atoms with Crippen molar-refractivity contribution in [2.45, 2.75) is 57.5 Å². The Bertz CT molecular complexity index is 945. The minimum Gasteiger partial charge on any atom is -0.444 e. The minimum absolute atomic E-state index is 0.00518. The predicted octanol–water partition coefficient (Wildman–Crippen LogP) is 5.48. The lowest BCUT2D eigenvalue weighted by atomic mass is 9.87. The van der Waals surface area contributed by atoms with E-state index in [1.54, 1.807) is 20.8 Å². The molecule has 3 rings (SSSR count). The zero-order valence-corrected chi connectivity index (χ0v) is 17.3. The molecule has 2 aromatic rings. The number of amides is 1. The van der Waals surface area contributed by atoms with Crippen molar-refractivity contribution in [3.05, 3.63) is 35.3 Å². The third kappa shape index (κ3) is 4.87. The molecule has 9 heteroatoms. The third-order valence-electron chi connectivity index (χ3n) is 5.23. The van der Waals surface area contributed by atoms with Gasteiger partial charge in [0.15, 0.2) is 0 Å². The van der Waals surface area contributed by atoms with E-state index in [4.69, 9.17) is 4.74 Å². The van der Waals surface area contributed by atoms with E-state index in [0.29, 0.717) is 10.9 Å². The van der Waals surface area contributed by atoms with Crippen molar-refractivity contribution in [2.24, 2.45) is 7.05 Å². The van der Waals surface area contributed by atoms with E-state index < -0.39 is 42.2 Å². The molecule has 1 aliphatic heterocycles. The van der Waals surface area contributed by atoms with Crippen molar-refractivity contribution < 1.29 is 31.5 Å². The van der Waals surface area contributed by atoms with Gasteiger partial charge < -0.3 is 14.2 Å². The molecular weight excluding hydrogens is 407 g/mol. The van der Waals surface area contributed by atoms with Crippen molar-refractivity contribution in [3.8, 4) is 0 Å². The number of alkyl halides is 4. The summed E-state index contributed by atoms with van der Waals surface area (Å²) in [5, 5.41) is 0.333. The Morgan fingerprint density at radius 3 is 2.43 bits per heavy atom. The second-order valence-corrected chi connectivity index (χ2v) is 8.76. The Balaban J connectivity index is 1.84. The molecule has 1 saturated heterocycles. The van der Waals surface area contributed by atoms with Gasteiger partial charge in [0.1, 0.15) is 17.6 Å². The van der Waals surface area contributed by atoms with Gasteiger partial charge in [-0.2, -0.15) is 13.2 Å². The number of hydrogen-bond donors (Lipinski definition) is 0. The molecule has 1 amide bonds. The lowest BCUT2D eigenvalue weighted by Crippen LogP contribution is -2.46. The molecule has 0 unspecified atom stereocenters. The highest BCUT2D eigenvalue weighted by atomic mass is 19.4. The van der Waals surface area contributed by atoms with E-state index in [1.165, 1.54) is 28.6 Å². The second-order valence-electron chi connectivity index (χ2n) is 8.76. The fraction of sp³-hybridized carbons (Fsp3) is 0.571. The molecule has 2 atom stereocenters. The first-order valence-corrected chi connectivity index (χ1v) is 9.71. The van der Waals surface area contributed by atoms with Crippen LogP contribution in [-0.4, -0.2) is 46.6 Å². The van der Waals surface area contributed by atoms with Gasteiger partial charge in [0.05, 0.1) is 13.0 Å². The van der Waals surface area contributed by atoms with Gasteiger partial charge >= 0.3 is 12.3 Å². The number of likely N-dealkylation sites (tertiary alicyclic amines) is 1. The first-order chi connectivity index (χ1) is 13.7. The van der Waals surface area contributed by atoms with Crippen LogP contribution in [0.4, 0.5) is 26.7 Å². The topological polar surface area (TPSA) is 34.5 Å². The number of rotatable bonds is 2. The maximum atomic E-state index is 14.9. The van der Waals surface area contributed by atoms with Gasteiger partial charge in [-0.25, -0.2) is 13.6 Å². The summed E-state index contributed by atoms with van der Waals surface area (Å²) in [6.07, 6.45) is -7.48. The summed E-state index contributed by atoms with van der Waals surface area (Å²) in [4.78, 5) is 13.4. The van der Waals surface area contributed by atoms with Crippen LogP contribution in [0.15, 0.2) is 18.2 Å². The van der Waals surface area contributed by atoms with Crippen LogP contribution < -0.4 is 0 Å². The van der Waals surface area contributed by atoms with Gasteiger partial charge in [-0.15, -0.1) is 0 Å². The lowest BCUT2D eigenvalue weighted by Gasteiger charge is -2.36. The monoisotopic (exact) mass is 432 g/mol. The fourth-order valence-electron chi connectivity index (χ4n) is 3.84. The van der Waals surface area contributed by atoms with Crippen molar-refractivity contribution in [1.82, 2.24) is 9.47 Å². The summed E-state index contributed by atoms with van der Waals surface area (Å²) in [5.41, 5.74) is -0.186. The van der Waals surface area contributed by atoms with Crippen LogP contribution in [0.25, 0.3) is 10.9 Å². The molecule has 0 bridgehead atoms. The SMILES string of the molecule is Cn1c(CC(F)(F)F)cc2cc(F)c([C@@H]3CCN(C(=O)OC(C)(C)C)C[C@H]3F)cc21. The number of nitrogens with zero attached hydrogens (tertiary/aromatic N) is 2. The molecule has 1 fully saturated rings. The van der Waals surface area contributed by atoms with E-state index in [1.807, 2.05) is 0 Å². The highest BCUT2D eigenvalue weighted by Gasteiger charge is 2.36. The Morgan fingerprint density at radius 1 is 1.20 bits per heavy atom. The number of aryl methyl sites for hydroxylation is 1. The third-order valence-corrected chi connectivity index (χ3v) is 5.23. The molecule has 166 valence electrons. The molecule has 30 heavy (non-hydrogen) atoms. The molecule has 1 aromatic heterocycles. The Morgan fingerprint density at radius 2 is 1.87 bits per heavy atom. The number of ether oxygens (including phenoxy) is 1. The number of carbonyl (C=O) groups excluding carboxylic acids is 1. The van der Waals surface area contributed by atoms with Crippen molar-refractivity contribution in [2.75, 3.05) is 13.1 Å². The van der Waals surface area contributed by atoms with Crippen LogP contribution in [0, 0.1) is 5.82 Å². The largest absolute Gasteiger partial charge is 0.444 e. The van der Waals surface area contributed by atoms with Crippen LogP contribution in [0.3, 0.4) is 0 Å². The smallest absolute Gasteiger partial charge is 0.410 e. The molecule has 1 aliphatic rings. The number of carbonyl (C=O) groups is 1. The summed E-state index contributed by atoms with van der Waals surface area (Å²) in [7, 11) is 1.48. The maximum absolute atomic E-state index is 14.9. The standard InChI is InChI=1S/C21H25F5N2O2/c1-20(2,3)30-19(29)28-6-5-14(17(23)11-28)15-9-18-12(8-16(15)22)7-13(27(18)4)10-21(24,25)26/h7-9,14,17H,5-6,10-11H2,1-4H3/t14-,17+/m0/s1. The molecule has 0 saturated carbocycles. The van der Waals surface area contributed by atoms with Gasteiger partial charge in [0, 0.05) is 36.1 Å². The number of aromatic nitrogens is 1. The highest BCUT2D eigenvalue weighted by molar-refractivity contribution is 5.82. The molecule has 2 heterocycles. The average molecular weight is 432 g/mol. The first-order valence-electron chi connectivity index (χ1n) is 9.71. The van der Waals surface area contributed by atoms with E-state index in [9.17, 15) is 26.7 Å². The summed E-state index contributed by atoms with van der Waals surface area (Å²) in [5.74, 6) is -1.46. The number of benzene rings is 1. The van der Waals surface area contributed by atoms with E-state index >= 15 is 0 Å². The minimum atomic E-state index is -4.39. The van der Waals surface area contributed by atoms with E-state index in [-0.39, 0.29) is 30.8 Å². The average Bonchev–Trinajstić information content (AvgIpc) is 2.86. The van der Waals surface area contributed by atoms with Gasteiger partial charge in [-0.3, -0.25) is 0 Å². The zero-order valence-electron chi connectivity index (χ0n) is 17.3. The lowest BCUT2D eigenvalue weighted by molar-refractivity contribution is -0.128. The van der Waals surface area contributed by atoms with Gasteiger partial charge in [0.2, 0.25) is 0 Å². The summed E-state index contributed by atoms with van der Waals surface area (Å²) in [6.45, 7) is 5.10. The summed E-state index contributed by atoms with van der Waals surface area (Å²) in [6, 6.07) is 3.87. The molecule has 4 nitrogen and oxygen atoms in total. The summed E-state index contributed by atoms with van der Waals surface area (Å²) < 4.78 is 74.6. The normalized spacial score (nSPS) is 20.6. The molecule has 1 aromatic carbocycles. The molecular formula is C21H25F5N2O2. The number of halogens is 5. The Kier molecular flexibility index (Phi) is 5.77. The van der Waals surface area contributed by atoms with Crippen molar-refractivity contribution in [3.63, 3.8) is 0 Å². The number of hydrogen-bond acceptors (Lipinski definition) is 2. The Hall–Kier alpha value is -2.32. The van der Waals surface area contributed by atoms with Gasteiger partial charge in [0.25, 0.3) is 0 Å². The molecule has 0 N–H and O–H groups in total. The van der Waals surface area contributed by atoms with Gasteiger partial charge in [-0.05, 0) is 51.0 Å². The van der Waals surface area contributed by atoms with Crippen molar-refractivity contribution >= 4 is 17.0 Å². The summed E-state index contributed by atoms with van der Waals surface area (Å²) >= 11 is 0. The van der Waals surface area contributed by atoms with Crippen LogP contribution >= 0.6 is 0 Å². The van der Waals surface area contributed by atoms with E-state index in [2.05, 4.69) is 0 Å².